The molecule has 0 bridgehead atoms. The topological polar surface area (TPSA) is 98.9 Å². The van der Waals surface area contributed by atoms with Crippen LogP contribution in [0.2, 0.25) is 0 Å². The summed E-state index contributed by atoms with van der Waals surface area (Å²) in [4.78, 5) is 22.4. The maximum Gasteiger partial charge on any atom is 0.341 e. The Morgan fingerprint density at radius 2 is 1.81 bits per heavy atom. The van der Waals surface area contributed by atoms with Crippen LogP contribution in [0.4, 0.5) is 0 Å². The number of esters is 1. The van der Waals surface area contributed by atoms with Crippen molar-refractivity contribution in [1.29, 1.82) is 0 Å². The van der Waals surface area contributed by atoms with Gasteiger partial charge in [-0.2, -0.15) is 0 Å². The van der Waals surface area contributed by atoms with Crippen LogP contribution in [-0.2, 0) is 4.74 Å². The Hall–Kier alpha value is -2.86. The van der Waals surface area contributed by atoms with E-state index in [4.69, 9.17) is 10.5 Å². The van der Waals surface area contributed by atoms with E-state index >= 15 is 0 Å². The zero-order chi connectivity index (χ0) is 15.0. The lowest BCUT2D eigenvalue weighted by atomic mass is 10.1. The maximum atomic E-state index is 11.4. The van der Waals surface area contributed by atoms with E-state index in [2.05, 4.69) is 4.74 Å². The van der Waals surface area contributed by atoms with Crippen LogP contribution in [-0.4, -0.2) is 17.0 Å². The highest BCUT2D eigenvalue weighted by molar-refractivity contribution is 5.94. The first-order valence-electron chi connectivity index (χ1n) is 6.15. The fraction of sp³-hybridized carbons (Fsp3) is 0.0667. The molecule has 0 aromatic heterocycles. The Labute approximate surface area is 119 Å². The Kier molecular flexibility index (Phi) is 3.08. The molecule has 0 saturated carbocycles. The second kappa shape index (κ2) is 4.92. The van der Waals surface area contributed by atoms with Gasteiger partial charge in [-0.3, -0.25) is 4.79 Å². The lowest BCUT2D eigenvalue weighted by Gasteiger charge is -2.08. The molecular formula is C15H11NO5. The molecule has 0 fully saturated rings. The first-order valence-corrected chi connectivity index (χ1v) is 6.15. The molecule has 1 aliphatic rings. The van der Waals surface area contributed by atoms with Gasteiger partial charge in [0.05, 0.1) is 5.56 Å². The van der Waals surface area contributed by atoms with Crippen LogP contribution in [0.15, 0.2) is 42.5 Å². The molecule has 0 aliphatic carbocycles. The molecule has 21 heavy (non-hydrogen) atoms. The highest BCUT2D eigenvalue weighted by Gasteiger charge is 2.29. The zero-order valence-electron chi connectivity index (χ0n) is 10.8. The van der Waals surface area contributed by atoms with Gasteiger partial charge in [0.25, 0.3) is 0 Å². The number of ether oxygens (including phenoxy) is 2. The van der Waals surface area contributed by atoms with Crippen molar-refractivity contribution in [2.24, 2.45) is 5.73 Å². The molecule has 6 nitrogen and oxygen atoms in total. The fourth-order valence-corrected chi connectivity index (χ4v) is 2.05. The molecule has 1 amide bonds. The van der Waals surface area contributed by atoms with E-state index in [0.29, 0.717) is 28.2 Å². The average molecular weight is 285 g/mol. The van der Waals surface area contributed by atoms with Gasteiger partial charge in [-0.1, -0.05) is 0 Å². The number of carbonyl (C=O) groups is 2. The summed E-state index contributed by atoms with van der Waals surface area (Å²) in [6, 6.07) is 11.0. The number of nitrogens with two attached hydrogens (primary N) is 1. The van der Waals surface area contributed by atoms with Crippen LogP contribution >= 0.6 is 0 Å². The van der Waals surface area contributed by atoms with E-state index in [9.17, 15) is 14.7 Å². The summed E-state index contributed by atoms with van der Waals surface area (Å²) in [6.45, 7) is 0. The van der Waals surface area contributed by atoms with Crippen molar-refractivity contribution in [3.63, 3.8) is 0 Å². The van der Waals surface area contributed by atoms with Gasteiger partial charge in [-0.25, -0.2) is 4.79 Å². The van der Waals surface area contributed by atoms with Crippen molar-refractivity contribution in [3.05, 3.63) is 59.2 Å². The standard InChI is InChI=1S/C15H11NO5/c16-13(17)8-1-3-9(4-2-8)20-10-5-6-11-12(7-10)15(19)21-14(11)18/h1-7,15,19H,(H2,16,17). The molecule has 3 N–H and O–H groups in total. The molecule has 1 aliphatic heterocycles. The number of hydrogen-bond acceptors (Lipinski definition) is 5. The minimum Gasteiger partial charge on any atom is -0.457 e. The van der Waals surface area contributed by atoms with Crippen LogP contribution in [0.25, 0.3) is 0 Å². The number of primary amides is 1. The van der Waals surface area contributed by atoms with Crippen molar-refractivity contribution >= 4 is 11.9 Å². The lowest BCUT2D eigenvalue weighted by molar-refractivity contribution is -0.0548. The summed E-state index contributed by atoms with van der Waals surface area (Å²) in [5.41, 5.74) is 6.22. The molecule has 1 unspecified atom stereocenters. The Morgan fingerprint density at radius 1 is 1.14 bits per heavy atom. The number of benzene rings is 2. The van der Waals surface area contributed by atoms with Gasteiger partial charge in [0, 0.05) is 11.1 Å². The number of amides is 1. The van der Waals surface area contributed by atoms with Crippen LogP contribution in [0.1, 0.15) is 32.6 Å². The Balaban J connectivity index is 1.84. The molecule has 3 rings (SSSR count). The number of rotatable bonds is 3. The second-order valence-electron chi connectivity index (χ2n) is 4.50. The number of aliphatic hydroxyl groups excluding tert-OH is 1. The number of carbonyl (C=O) groups excluding carboxylic acids is 2. The SMILES string of the molecule is NC(=O)c1ccc(Oc2ccc3c(c2)C(O)OC3=O)cc1. The van der Waals surface area contributed by atoms with Crippen molar-refractivity contribution in [1.82, 2.24) is 0 Å². The molecule has 1 atom stereocenters. The monoisotopic (exact) mass is 285 g/mol. The van der Waals surface area contributed by atoms with Crippen molar-refractivity contribution in [2.45, 2.75) is 6.29 Å². The number of aliphatic hydroxyl groups is 1. The number of fused-ring (bicyclic) bond motifs is 1. The normalized spacial score (nSPS) is 16.2. The molecule has 0 radical (unpaired) electrons. The first-order chi connectivity index (χ1) is 10.0. The van der Waals surface area contributed by atoms with Crippen LogP contribution < -0.4 is 10.5 Å². The van der Waals surface area contributed by atoms with Gasteiger partial charge in [-0.05, 0) is 42.5 Å². The third kappa shape index (κ3) is 2.44. The summed E-state index contributed by atoms with van der Waals surface area (Å²) in [5.74, 6) is -0.134. The maximum absolute atomic E-state index is 11.4. The van der Waals surface area contributed by atoms with Crippen molar-refractivity contribution < 1.29 is 24.2 Å². The minimum atomic E-state index is -1.27. The average Bonchev–Trinajstić information content (AvgIpc) is 2.74. The highest BCUT2D eigenvalue weighted by atomic mass is 16.6. The third-order valence-electron chi connectivity index (χ3n) is 3.10. The van der Waals surface area contributed by atoms with Gasteiger partial charge < -0.3 is 20.3 Å². The fourth-order valence-electron chi connectivity index (χ4n) is 2.05. The molecule has 106 valence electrons. The van der Waals surface area contributed by atoms with E-state index < -0.39 is 18.2 Å². The molecule has 6 heteroatoms. The molecule has 0 saturated heterocycles. The zero-order valence-corrected chi connectivity index (χ0v) is 10.8. The third-order valence-corrected chi connectivity index (χ3v) is 3.10. The lowest BCUT2D eigenvalue weighted by Crippen LogP contribution is -2.10. The summed E-state index contributed by atoms with van der Waals surface area (Å²) in [7, 11) is 0. The molecule has 0 spiro atoms. The molecular weight excluding hydrogens is 274 g/mol. The van der Waals surface area contributed by atoms with E-state index in [1.54, 1.807) is 30.3 Å². The van der Waals surface area contributed by atoms with E-state index in [-0.39, 0.29) is 0 Å². The Bertz CT molecular complexity index is 723. The van der Waals surface area contributed by atoms with Crippen molar-refractivity contribution in [3.8, 4) is 11.5 Å². The van der Waals surface area contributed by atoms with Gasteiger partial charge in [-0.15, -0.1) is 0 Å². The predicted molar refractivity (Wildman–Crippen MR) is 71.9 cm³/mol. The van der Waals surface area contributed by atoms with Crippen LogP contribution in [0.3, 0.4) is 0 Å². The van der Waals surface area contributed by atoms with E-state index in [0.717, 1.165) is 0 Å². The predicted octanol–water partition coefficient (Wildman–Crippen LogP) is 1.74. The van der Waals surface area contributed by atoms with Crippen LogP contribution in [0, 0.1) is 0 Å². The molecule has 2 aromatic rings. The van der Waals surface area contributed by atoms with E-state index in [1.807, 2.05) is 0 Å². The summed E-state index contributed by atoms with van der Waals surface area (Å²) < 4.78 is 10.3. The summed E-state index contributed by atoms with van der Waals surface area (Å²) in [6.07, 6.45) is -1.27. The number of cyclic esters (lactones) is 1. The number of hydrogen-bond donors (Lipinski definition) is 2. The molecule has 1 heterocycles. The highest BCUT2D eigenvalue weighted by Crippen LogP contribution is 2.33. The van der Waals surface area contributed by atoms with Gasteiger partial charge in [0.2, 0.25) is 12.2 Å². The van der Waals surface area contributed by atoms with Gasteiger partial charge in [0.15, 0.2) is 0 Å². The Morgan fingerprint density at radius 3 is 2.48 bits per heavy atom. The summed E-state index contributed by atoms with van der Waals surface area (Å²) >= 11 is 0. The van der Waals surface area contributed by atoms with Gasteiger partial charge in [0.1, 0.15) is 11.5 Å². The smallest absolute Gasteiger partial charge is 0.341 e. The quantitative estimate of drug-likeness (QED) is 0.837. The van der Waals surface area contributed by atoms with Crippen molar-refractivity contribution in [2.75, 3.05) is 0 Å². The van der Waals surface area contributed by atoms with E-state index in [1.165, 1.54) is 12.1 Å². The largest absolute Gasteiger partial charge is 0.457 e. The first kappa shape index (κ1) is 13.1. The molecule has 2 aromatic carbocycles. The second-order valence-corrected chi connectivity index (χ2v) is 4.50. The minimum absolute atomic E-state index is 0.318. The summed E-state index contributed by atoms with van der Waals surface area (Å²) in [5, 5.41) is 9.59. The van der Waals surface area contributed by atoms with Crippen LogP contribution in [0.5, 0.6) is 11.5 Å². The van der Waals surface area contributed by atoms with Gasteiger partial charge >= 0.3 is 5.97 Å².